The van der Waals surface area contributed by atoms with E-state index in [-0.39, 0.29) is 34.7 Å². The fourth-order valence-corrected chi connectivity index (χ4v) is 5.90. The Hall–Kier alpha value is -5.44. The van der Waals surface area contributed by atoms with Gasteiger partial charge in [-0.3, -0.25) is 14.2 Å². The maximum Gasteiger partial charge on any atom is 0.416 e. The van der Waals surface area contributed by atoms with Gasteiger partial charge in [-0.1, -0.05) is 30.0 Å². The molecule has 0 radical (unpaired) electrons. The summed E-state index contributed by atoms with van der Waals surface area (Å²) in [6, 6.07) is 20.0. The molecule has 6 rings (SSSR count). The van der Waals surface area contributed by atoms with Crippen LogP contribution in [-0.2, 0) is 17.5 Å². The van der Waals surface area contributed by atoms with Crippen molar-refractivity contribution in [2.24, 2.45) is 5.10 Å². The van der Waals surface area contributed by atoms with Gasteiger partial charge in [-0.25, -0.2) is 9.40 Å². The number of carbonyl (C=O) groups is 2. The number of benzene rings is 3. The predicted molar refractivity (Wildman–Crippen MR) is 167 cm³/mol. The highest BCUT2D eigenvalue weighted by atomic mass is 32.2. The Balaban J connectivity index is 1.28. The molecule has 0 saturated carbocycles. The van der Waals surface area contributed by atoms with Gasteiger partial charge in [-0.15, -0.1) is 10.2 Å². The van der Waals surface area contributed by atoms with Gasteiger partial charge >= 0.3 is 6.18 Å². The molecule has 0 spiro atoms. The van der Waals surface area contributed by atoms with Crippen molar-refractivity contribution in [3.05, 3.63) is 125 Å². The summed E-state index contributed by atoms with van der Waals surface area (Å²) < 4.78 is 66.4. The molecular weight excluding hydrogens is 652 g/mol. The summed E-state index contributed by atoms with van der Waals surface area (Å²) in [6.07, 6.45) is -2.93. The second kappa shape index (κ2) is 13.7. The Morgan fingerprint density at radius 3 is 2.48 bits per heavy atom. The number of aromatic nitrogens is 3. The molecule has 1 aliphatic heterocycles. The molecule has 0 aliphatic carbocycles. The molecule has 3 aromatic carbocycles. The second-order valence-corrected chi connectivity index (χ2v) is 11.5. The lowest BCUT2D eigenvalue weighted by molar-refractivity contribution is -0.137. The first-order valence-corrected chi connectivity index (χ1v) is 15.4. The molecule has 3 heterocycles. The van der Waals surface area contributed by atoms with E-state index in [1.807, 2.05) is 12.1 Å². The number of hydrogen-bond acceptors (Lipinski definition) is 8. The first-order chi connectivity index (χ1) is 23.1. The van der Waals surface area contributed by atoms with Gasteiger partial charge in [-0.05, 0) is 77.9 Å². The molecule has 1 atom stereocenters. The molecule has 1 N–H and O–H groups in total. The number of hydrogen-bond donors (Lipinski definition) is 1. The largest absolute Gasteiger partial charge is 0.497 e. The van der Waals surface area contributed by atoms with Crippen LogP contribution in [0.25, 0.3) is 5.69 Å². The zero-order valence-corrected chi connectivity index (χ0v) is 26.0. The zero-order valence-electron chi connectivity index (χ0n) is 25.1. The lowest BCUT2D eigenvalue weighted by atomic mass is 9.98. The van der Waals surface area contributed by atoms with E-state index in [4.69, 9.17) is 9.15 Å². The topological polar surface area (TPSA) is 115 Å². The van der Waals surface area contributed by atoms with Gasteiger partial charge in [0.05, 0.1) is 48.7 Å². The van der Waals surface area contributed by atoms with Gasteiger partial charge in [0.25, 0.3) is 11.8 Å². The Morgan fingerprint density at radius 2 is 1.79 bits per heavy atom. The van der Waals surface area contributed by atoms with Crippen molar-refractivity contribution in [2.75, 3.05) is 12.9 Å². The van der Waals surface area contributed by atoms with Crippen LogP contribution in [0.15, 0.2) is 106 Å². The van der Waals surface area contributed by atoms with Gasteiger partial charge in [0.2, 0.25) is 0 Å². The summed E-state index contributed by atoms with van der Waals surface area (Å²) in [6.45, 7) is -0.203. The zero-order chi connectivity index (χ0) is 33.8. The molecule has 0 bridgehead atoms. The van der Waals surface area contributed by atoms with Gasteiger partial charge in [0.1, 0.15) is 11.6 Å². The number of rotatable bonds is 10. The number of alkyl halides is 3. The SMILES string of the molecule is COc1ccc(C2=NN(C(=O)CSc3nnc(CNC(=O)c4ccco4)n3-c3cccc(C(F)(F)F)c3)[C@@H](c3ccc(F)cc3)C2)cc1. The molecule has 0 saturated heterocycles. The van der Waals surface area contributed by atoms with Crippen molar-refractivity contribution >= 4 is 29.3 Å². The highest BCUT2D eigenvalue weighted by Gasteiger charge is 2.34. The van der Waals surface area contributed by atoms with Crippen LogP contribution in [0, 0.1) is 5.82 Å². The minimum Gasteiger partial charge on any atom is -0.497 e. The fraction of sp³-hybridized carbons (Fsp3) is 0.182. The summed E-state index contributed by atoms with van der Waals surface area (Å²) in [5.41, 5.74) is 1.26. The highest BCUT2D eigenvalue weighted by Crippen LogP contribution is 2.35. The number of nitrogens with one attached hydrogen (secondary N) is 1. The van der Waals surface area contributed by atoms with Crippen molar-refractivity contribution < 1.29 is 36.3 Å². The molecule has 0 fully saturated rings. The third-order valence-corrected chi connectivity index (χ3v) is 8.37. The van der Waals surface area contributed by atoms with E-state index in [9.17, 15) is 27.2 Å². The Bertz CT molecular complexity index is 1940. The monoisotopic (exact) mass is 678 g/mol. The van der Waals surface area contributed by atoms with Crippen LogP contribution in [-0.4, -0.2) is 50.2 Å². The smallest absolute Gasteiger partial charge is 0.416 e. The Kier molecular flexibility index (Phi) is 9.30. The lowest BCUT2D eigenvalue weighted by Crippen LogP contribution is -2.28. The summed E-state index contributed by atoms with van der Waals surface area (Å²) >= 11 is 0.945. The van der Waals surface area contributed by atoms with Crippen LogP contribution in [0.3, 0.4) is 0 Å². The fourth-order valence-electron chi connectivity index (χ4n) is 5.08. The number of methoxy groups -OCH3 is 1. The number of furan rings is 1. The number of halogens is 4. The third kappa shape index (κ3) is 7.10. The number of carbonyl (C=O) groups excluding carboxylic acids is 2. The third-order valence-electron chi connectivity index (χ3n) is 7.45. The average Bonchev–Trinajstić information content (AvgIpc) is 3.87. The molecule has 1 aliphatic rings. The first-order valence-electron chi connectivity index (χ1n) is 14.5. The second-order valence-electron chi connectivity index (χ2n) is 10.5. The van der Waals surface area contributed by atoms with E-state index in [1.165, 1.54) is 52.2 Å². The van der Waals surface area contributed by atoms with Gasteiger partial charge in [0.15, 0.2) is 16.7 Å². The number of nitrogens with zero attached hydrogens (tertiary/aromatic N) is 5. The van der Waals surface area contributed by atoms with Crippen LogP contribution in [0.4, 0.5) is 17.6 Å². The summed E-state index contributed by atoms with van der Waals surface area (Å²) in [4.78, 5) is 26.3. The minimum absolute atomic E-state index is 0.0382. The number of ether oxygens (including phenoxy) is 1. The molecule has 246 valence electrons. The number of amides is 2. The van der Waals surface area contributed by atoms with E-state index < -0.39 is 35.4 Å². The van der Waals surface area contributed by atoms with E-state index in [0.29, 0.717) is 23.4 Å². The number of hydrazone groups is 1. The molecule has 48 heavy (non-hydrogen) atoms. The molecule has 2 amide bonds. The van der Waals surface area contributed by atoms with Crippen molar-refractivity contribution in [1.82, 2.24) is 25.1 Å². The highest BCUT2D eigenvalue weighted by molar-refractivity contribution is 7.99. The maximum atomic E-state index is 13.8. The van der Waals surface area contributed by atoms with Crippen molar-refractivity contribution in [3.8, 4) is 11.4 Å². The molecule has 10 nitrogen and oxygen atoms in total. The van der Waals surface area contributed by atoms with E-state index in [1.54, 1.807) is 31.4 Å². The first kappa shape index (κ1) is 32.5. The lowest BCUT2D eigenvalue weighted by Gasteiger charge is -2.22. The van der Waals surface area contributed by atoms with Crippen LogP contribution < -0.4 is 10.1 Å². The van der Waals surface area contributed by atoms with Crippen LogP contribution in [0.5, 0.6) is 5.75 Å². The standard InChI is InChI=1S/C33H26F4N6O4S/c1-46-25-13-9-20(10-14-25)26-17-27(21-7-11-23(34)12-8-21)43(41-26)30(44)19-48-32-40-39-29(18-38-31(45)28-6-3-15-47-28)42(32)24-5-2-4-22(16-24)33(35,36)37/h2-16,27H,17-19H2,1H3,(H,38,45)/t27-/m1/s1. The molecule has 5 aromatic rings. The average molecular weight is 679 g/mol. The van der Waals surface area contributed by atoms with Crippen LogP contribution in [0.1, 0.15) is 45.5 Å². The Morgan fingerprint density at radius 1 is 1.02 bits per heavy atom. The summed E-state index contributed by atoms with van der Waals surface area (Å²) in [7, 11) is 1.55. The normalized spacial score (nSPS) is 14.6. The van der Waals surface area contributed by atoms with Gasteiger partial charge in [0, 0.05) is 6.42 Å². The van der Waals surface area contributed by atoms with Gasteiger partial charge < -0.3 is 14.5 Å². The molecule has 15 heteroatoms. The van der Waals surface area contributed by atoms with Crippen LogP contribution in [0.2, 0.25) is 0 Å². The maximum absolute atomic E-state index is 13.8. The van der Waals surface area contributed by atoms with Crippen LogP contribution >= 0.6 is 11.8 Å². The molecule has 2 aromatic heterocycles. The quantitative estimate of drug-likeness (QED) is 0.134. The van der Waals surface area contributed by atoms with Crippen molar-refractivity contribution in [1.29, 1.82) is 0 Å². The molecule has 0 unspecified atom stereocenters. The predicted octanol–water partition coefficient (Wildman–Crippen LogP) is 6.43. The van der Waals surface area contributed by atoms with E-state index >= 15 is 0 Å². The minimum atomic E-state index is -4.62. The summed E-state index contributed by atoms with van der Waals surface area (Å²) in [5, 5.41) is 17.0. The number of thioether (sulfide) groups is 1. The Labute approximate surface area is 275 Å². The van der Waals surface area contributed by atoms with Crippen molar-refractivity contribution in [3.63, 3.8) is 0 Å². The van der Waals surface area contributed by atoms with E-state index in [2.05, 4.69) is 20.6 Å². The molecular formula is C33H26F4N6O4S. The van der Waals surface area contributed by atoms with Gasteiger partial charge in [-0.2, -0.15) is 18.3 Å². The summed E-state index contributed by atoms with van der Waals surface area (Å²) in [5.74, 6) is -0.815. The van der Waals surface area contributed by atoms with E-state index in [0.717, 1.165) is 29.5 Å². The van der Waals surface area contributed by atoms with Crippen molar-refractivity contribution in [2.45, 2.75) is 30.3 Å².